The Morgan fingerprint density at radius 3 is 2.71 bits per heavy atom. The van der Waals surface area contributed by atoms with Gasteiger partial charge in [0.1, 0.15) is 4.32 Å². The van der Waals surface area contributed by atoms with Crippen LogP contribution in [0.4, 0.5) is 0 Å². The van der Waals surface area contributed by atoms with Crippen LogP contribution >= 0.6 is 24.0 Å². The minimum Gasteiger partial charge on any atom is -0.363 e. The Hall–Kier alpha value is -0.0900. The summed E-state index contributed by atoms with van der Waals surface area (Å²) in [5.41, 5.74) is 0. The zero-order valence-corrected chi connectivity index (χ0v) is 5.06. The first-order chi connectivity index (χ1) is 3.29. The Kier molecular flexibility index (Phi) is 1.30. The van der Waals surface area contributed by atoms with Crippen LogP contribution in [0.5, 0.6) is 0 Å². The molecule has 1 aliphatic rings. The molecular weight excluding hydrogens is 130 g/mol. The minimum atomic E-state index is 0.116. The van der Waals surface area contributed by atoms with Crippen LogP contribution in [0.1, 0.15) is 0 Å². The molecule has 1 aliphatic heterocycles. The monoisotopic (exact) mass is 133 g/mol. The number of carbonyl (C=O) groups excluding carboxylic acids is 1. The van der Waals surface area contributed by atoms with Gasteiger partial charge in [-0.3, -0.25) is 4.79 Å². The largest absolute Gasteiger partial charge is 0.363 e. The molecule has 0 radical (unpaired) electrons. The first kappa shape index (κ1) is 5.05. The highest BCUT2D eigenvalue weighted by atomic mass is 32.2. The molecule has 0 aromatic heterocycles. The average Bonchev–Trinajstić information content (AvgIpc) is 1.87. The lowest BCUT2D eigenvalue weighted by atomic mass is 10.7. The molecule has 0 bridgehead atoms. The van der Waals surface area contributed by atoms with E-state index in [-0.39, 0.29) is 5.12 Å². The van der Waals surface area contributed by atoms with Crippen LogP contribution in [0, 0.1) is 0 Å². The highest BCUT2D eigenvalue weighted by molar-refractivity contribution is 8.33. The van der Waals surface area contributed by atoms with Gasteiger partial charge in [0.15, 0.2) is 0 Å². The summed E-state index contributed by atoms with van der Waals surface area (Å²) in [5.74, 6) is 0. The highest BCUT2D eigenvalue weighted by Gasteiger charge is 2.13. The predicted octanol–water partition coefficient (Wildman–Crippen LogP) is 0.134. The number of rotatable bonds is 0. The number of hydrogen-bond acceptors (Lipinski definition) is 3. The van der Waals surface area contributed by atoms with E-state index in [4.69, 9.17) is 0 Å². The number of carbonyl (C=O) groups is 1. The molecule has 4 heteroatoms. The topological polar surface area (TPSA) is 29.1 Å². The first-order valence-corrected chi connectivity index (χ1v) is 3.00. The van der Waals surface area contributed by atoms with Gasteiger partial charge in [-0.2, -0.15) is 0 Å². The molecular formula is C3H3NOS2. The van der Waals surface area contributed by atoms with E-state index in [9.17, 15) is 4.79 Å². The van der Waals surface area contributed by atoms with E-state index in [1.54, 1.807) is 0 Å². The second kappa shape index (κ2) is 1.79. The van der Waals surface area contributed by atoms with E-state index in [2.05, 4.69) is 17.5 Å². The fraction of sp³-hybridized carbons (Fsp3) is 0.333. The van der Waals surface area contributed by atoms with Gasteiger partial charge >= 0.3 is 0 Å². The van der Waals surface area contributed by atoms with Crippen molar-refractivity contribution in [1.29, 1.82) is 0 Å². The summed E-state index contributed by atoms with van der Waals surface area (Å²) in [5, 5.41) is 2.83. The lowest BCUT2D eigenvalue weighted by Gasteiger charge is -1.80. The lowest BCUT2D eigenvalue weighted by molar-refractivity contribution is -0.109. The summed E-state index contributed by atoms with van der Waals surface area (Å²) in [7, 11) is 0. The van der Waals surface area contributed by atoms with E-state index >= 15 is 0 Å². The Morgan fingerprint density at radius 1 is 1.86 bits per heavy atom. The van der Waals surface area contributed by atoms with Gasteiger partial charge in [0, 0.05) is 0 Å². The van der Waals surface area contributed by atoms with Gasteiger partial charge in [-0.15, -0.1) is 0 Å². The molecule has 7 heavy (non-hydrogen) atoms. The summed E-state index contributed by atoms with van der Waals surface area (Å²) in [6, 6.07) is 0. The molecule has 0 unspecified atom stereocenters. The molecule has 0 aromatic carbocycles. The van der Waals surface area contributed by atoms with Gasteiger partial charge in [-0.1, -0.05) is 12.2 Å². The van der Waals surface area contributed by atoms with Crippen LogP contribution < -0.4 is 5.32 Å². The molecule has 38 valence electrons. The molecule has 0 amide bonds. The first-order valence-electron chi connectivity index (χ1n) is 1.77. The molecule has 0 aliphatic carbocycles. The minimum absolute atomic E-state index is 0.116. The predicted molar refractivity (Wildman–Crippen MR) is 33.2 cm³/mol. The third-order valence-corrected chi connectivity index (χ3v) is 1.68. The molecule has 1 heterocycles. The van der Waals surface area contributed by atoms with Crippen LogP contribution in [0.15, 0.2) is 0 Å². The number of thiocarbonyl (C=S) groups is 1. The zero-order valence-electron chi connectivity index (χ0n) is 3.43. The van der Waals surface area contributed by atoms with Gasteiger partial charge in [-0.05, 0) is 11.8 Å². The third kappa shape index (κ3) is 1.14. The van der Waals surface area contributed by atoms with Crippen LogP contribution in [0.2, 0.25) is 0 Å². The molecule has 1 fully saturated rings. The summed E-state index contributed by atoms with van der Waals surface area (Å²) in [6.45, 7) is 0.406. The van der Waals surface area contributed by atoms with Gasteiger partial charge in [-0.25, -0.2) is 0 Å². The Labute approximate surface area is 50.7 Å². The van der Waals surface area contributed by atoms with Gasteiger partial charge in [0.25, 0.3) is 0 Å². The fourth-order valence-corrected chi connectivity index (χ4v) is 1.17. The van der Waals surface area contributed by atoms with Crippen LogP contribution in [0.25, 0.3) is 0 Å². The Morgan fingerprint density at radius 2 is 2.57 bits per heavy atom. The number of nitrogens with one attached hydrogen (secondary N) is 1. The van der Waals surface area contributed by atoms with Crippen LogP contribution in [-0.4, -0.2) is 16.0 Å². The third-order valence-electron chi connectivity index (χ3n) is 0.584. The molecule has 1 rings (SSSR count). The zero-order chi connectivity index (χ0) is 5.28. The second-order valence-corrected chi connectivity index (χ2v) is 2.85. The molecule has 0 saturated carbocycles. The molecule has 0 atom stereocenters. The summed E-state index contributed by atoms with van der Waals surface area (Å²) in [4.78, 5) is 10.3. The SMILES string of the molecule is O=C1CNC(=S)S1. The summed E-state index contributed by atoms with van der Waals surface area (Å²) in [6.07, 6.45) is 0. The summed E-state index contributed by atoms with van der Waals surface area (Å²) >= 11 is 5.73. The van der Waals surface area contributed by atoms with Crippen molar-refractivity contribution in [2.45, 2.75) is 0 Å². The Balaban J connectivity index is 2.55. The summed E-state index contributed by atoms with van der Waals surface area (Å²) < 4.78 is 0.602. The van der Waals surface area contributed by atoms with Crippen molar-refractivity contribution in [1.82, 2.24) is 5.32 Å². The van der Waals surface area contributed by atoms with Crippen molar-refractivity contribution in [2.24, 2.45) is 0 Å². The fourth-order valence-electron chi connectivity index (χ4n) is 0.320. The quantitative estimate of drug-likeness (QED) is 0.476. The molecule has 0 aromatic rings. The van der Waals surface area contributed by atoms with Crippen molar-refractivity contribution >= 4 is 33.4 Å². The van der Waals surface area contributed by atoms with E-state index < -0.39 is 0 Å². The van der Waals surface area contributed by atoms with Crippen molar-refractivity contribution in [3.63, 3.8) is 0 Å². The maximum atomic E-state index is 10.3. The molecule has 2 nitrogen and oxygen atoms in total. The van der Waals surface area contributed by atoms with E-state index in [1.807, 2.05) is 0 Å². The van der Waals surface area contributed by atoms with Gasteiger partial charge in [0.2, 0.25) is 5.12 Å². The standard InChI is InChI=1S/C3H3NOS2/c5-2-1-4-3(6)7-2/h1H2,(H,4,6). The van der Waals surface area contributed by atoms with E-state index in [1.165, 1.54) is 0 Å². The van der Waals surface area contributed by atoms with Gasteiger partial charge < -0.3 is 5.32 Å². The maximum Gasteiger partial charge on any atom is 0.214 e. The highest BCUT2D eigenvalue weighted by Crippen LogP contribution is 2.08. The molecule has 1 saturated heterocycles. The normalized spacial score (nSPS) is 20.0. The van der Waals surface area contributed by atoms with Crippen molar-refractivity contribution in [3.8, 4) is 0 Å². The number of thioether (sulfide) groups is 1. The van der Waals surface area contributed by atoms with Crippen LogP contribution in [-0.2, 0) is 4.79 Å². The smallest absolute Gasteiger partial charge is 0.214 e. The molecule has 0 spiro atoms. The van der Waals surface area contributed by atoms with Gasteiger partial charge in [0.05, 0.1) is 6.54 Å². The second-order valence-electron chi connectivity index (χ2n) is 1.12. The lowest BCUT2D eigenvalue weighted by Crippen LogP contribution is -2.11. The van der Waals surface area contributed by atoms with Crippen molar-refractivity contribution in [3.05, 3.63) is 0 Å². The van der Waals surface area contributed by atoms with E-state index in [0.717, 1.165) is 11.8 Å². The average molecular weight is 133 g/mol. The van der Waals surface area contributed by atoms with Crippen molar-refractivity contribution in [2.75, 3.05) is 6.54 Å². The molecule has 1 N–H and O–H groups in total. The van der Waals surface area contributed by atoms with Crippen molar-refractivity contribution < 1.29 is 4.79 Å². The van der Waals surface area contributed by atoms with E-state index in [0.29, 0.717) is 10.9 Å². The van der Waals surface area contributed by atoms with Crippen LogP contribution in [0.3, 0.4) is 0 Å². The maximum absolute atomic E-state index is 10.3. The Bertz CT molecular complexity index is 108. The number of hydrogen-bond donors (Lipinski definition) is 1.